The summed E-state index contributed by atoms with van der Waals surface area (Å²) in [7, 11) is 0. The Hall–Kier alpha value is -2.54. The quantitative estimate of drug-likeness (QED) is 0.472. The molecular weight excluding hydrogens is 386 g/mol. The summed E-state index contributed by atoms with van der Waals surface area (Å²) in [5.41, 5.74) is 1.40. The van der Waals surface area contributed by atoms with Gasteiger partial charge in [0, 0.05) is 17.5 Å². The molecule has 0 fully saturated rings. The number of non-ortho nitro benzene ring substituents is 1. The monoisotopic (exact) mass is 401 g/mol. The number of benzene rings is 2. The summed E-state index contributed by atoms with van der Waals surface area (Å²) >= 11 is 3.32. The number of nitro groups is 1. The Kier molecular flexibility index (Phi) is 4.20. The number of hydrogen-bond donors (Lipinski definition) is 0. The molecule has 3 aromatic rings. The van der Waals surface area contributed by atoms with Crippen LogP contribution in [0.15, 0.2) is 51.9 Å². The Balaban J connectivity index is 2.18. The Morgan fingerprint density at radius 2 is 1.72 bits per heavy atom. The summed E-state index contributed by atoms with van der Waals surface area (Å²) in [5, 5.41) is 16.0. The molecule has 1 aromatic heterocycles. The second-order valence-electron chi connectivity index (χ2n) is 6.79. The lowest BCUT2D eigenvalue weighted by atomic mass is 9.87. The lowest BCUT2D eigenvalue weighted by Gasteiger charge is -2.19. The standard InChI is InChI=1S/C18H16BrN3O3/c1-18(2,3)11-4-6-12(7-5-11)21-17(23)14-9-8-13(22(24)25)10-15(14)16(19)20-21/h4-10H,1-3H3. The highest BCUT2D eigenvalue weighted by atomic mass is 79.9. The summed E-state index contributed by atoms with van der Waals surface area (Å²) in [4.78, 5) is 23.2. The second-order valence-corrected chi connectivity index (χ2v) is 7.54. The first kappa shape index (κ1) is 17.3. The highest BCUT2D eigenvalue weighted by molar-refractivity contribution is 9.10. The van der Waals surface area contributed by atoms with E-state index in [-0.39, 0.29) is 16.7 Å². The topological polar surface area (TPSA) is 78.0 Å². The van der Waals surface area contributed by atoms with Gasteiger partial charge in [-0.2, -0.15) is 9.78 Å². The SMILES string of the molecule is CC(C)(C)c1ccc(-n2nc(Br)c3cc([N+](=O)[O-])ccc3c2=O)cc1. The zero-order valence-electron chi connectivity index (χ0n) is 14.0. The van der Waals surface area contributed by atoms with E-state index >= 15 is 0 Å². The van der Waals surface area contributed by atoms with E-state index in [1.54, 1.807) is 0 Å². The van der Waals surface area contributed by atoms with Gasteiger partial charge in [0.05, 0.1) is 16.0 Å². The van der Waals surface area contributed by atoms with Crippen molar-refractivity contribution in [3.8, 4) is 5.69 Å². The van der Waals surface area contributed by atoms with E-state index in [4.69, 9.17) is 0 Å². The van der Waals surface area contributed by atoms with Gasteiger partial charge in [0.1, 0.15) is 4.60 Å². The lowest BCUT2D eigenvalue weighted by molar-refractivity contribution is -0.384. The third kappa shape index (κ3) is 3.19. The minimum absolute atomic E-state index is 0.0137. The van der Waals surface area contributed by atoms with Crippen molar-refractivity contribution in [1.29, 1.82) is 0 Å². The molecule has 1 heterocycles. The molecule has 0 unspecified atom stereocenters. The number of nitrogens with zero attached hydrogens (tertiary/aromatic N) is 3. The van der Waals surface area contributed by atoms with E-state index in [0.29, 0.717) is 21.1 Å². The normalized spacial score (nSPS) is 11.7. The van der Waals surface area contributed by atoms with Crippen LogP contribution in [0.25, 0.3) is 16.5 Å². The van der Waals surface area contributed by atoms with Gasteiger partial charge in [-0.3, -0.25) is 14.9 Å². The van der Waals surface area contributed by atoms with Crippen LogP contribution in [0.3, 0.4) is 0 Å². The van der Waals surface area contributed by atoms with E-state index in [0.717, 1.165) is 5.56 Å². The molecule has 0 aliphatic carbocycles. The van der Waals surface area contributed by atoms with Crippen LogP contribution in [0.4, 0.5) is 5.69 Å². The molecule has 0 saturated heterocycles. The van der Waals surface area contributed by atoms with Crippen LogP contribution in [-0.4, -0.2) is 14.7 Å². The molecule has 25 heavy (non-hydrogen) atoms. The number of fused-ring (bicyclic) bond motifs is 1. The molecule has 0 aliphatic heterocycles. The summed E-state index contributed by atoms with van der Waals surface area (Å²) in [6.07, 6.45) is 0. The minimum atomic E-state index is -0.497. The van der Waals surface area contributed by atoms with Gasteiger partial charge in [-0.15, -0.1) is 0 Å². The van der Waals surface area contributed by atoms with Crippen molar-refractivity contribution in [3.05, 3.63) is 73.1 Å². The van der Waals surface area contributed by atoms with E-state index in [1.807, 2.05) is 24.3 Å². The zero-order valence-corrected chi connectivity index (χ0v) is 15.6. The van der Waals surface area contributed by atoms with Crippen molar-refractivity contribution in [2.24, 2.45) is 0 Å². The minimum Gasteiger partial charge on any atom is -0.267 e. The maximum absolute atomic E-state index is 12.8. The molecule has 0 N–H and O–H groups in total. The van der Waals surface area contributed by atoms with E-state index in [2.05, 4.69) is 41.8 Å². The number of halogens is 1. The highest BCUT2D eigenvalue weighted by Crippen LogP contribution is 2.26. The third-order valence-electron chi connectivity index (χ3n) is 4.02. The largest absolute Gasteiger partial charge is 0.279 e. The Labute approximate surface area is 152 Å². The van der Waals surface area contributed by atoms with Crippen molar-refractivity contribution in [1.82, 2.24) is 9.78 Å². The number of aromatic nitrogens is 2. The smallest absolute Gasteiger partial charge is 0.267 e. The fraction of sp³-hybridized carbons (Fsp3) is 0.222. The molecule has 0 radical (unpaired) electrons. The average molecular weight is 402 g/mol. The van der Waals surface area contributed by atoms with Crippen LogP contribution >= 0.6 is 15.9 Å². The zero-order chi connectivity index (χ0) is 18.4. The van der Waals surface area contributed by atoms with Crippen molar-refractivity contribution in [3.63, 3.8) is 0 Å². The molecule has 0 bridgehead atoms. The van der Waals surface area contributed by atoms with Gasteiger partial charge in [-0.25, -0.2) is 0 Å². The number of nitro benzene ring substituents is 1. The molecule has 0 amide bonds. The van der Waals surface area contributed by atoms with Crippen LogP contribution in [-0.2, 0) is 5.41 Å². The maximum atomic E-state index is 12.8. The molecule has 3 rings (SSSR count). The summed E-state index contributed by atoms with van der Waals surface area (Å²) < 4.78 is 1.68. The van der Waals surface area contributed by atoms with E-state index in [9.17, 15) is 14.9 Å². The first-order chi connectivity index (χ1) is 11.7. The van der Waals surface area contributed by atoms with Crippen LogP contribution in [0, 0.1) is 10.1 Å². The molecule has 128 valence electrons. The second kappa shape index (κ2) is 6.07. The van der Waals surface area contributed by atoms with Crippen molar-refractivity contribution in [2.75, 3.05) is 0 Å². The Morgan fingerprint density at radius 3 is 2.28 bits per heavy atom. The van der Waals surface area contributed by atoms with Gasteiger partial charge < -0.3 is 0 Å². The number of hydrogen-bond acceptors (Lipinski definition) is 4. The van der Waals surface area contributed by atoms with Crippen molar-refractivity contribution < 1.29 is 4.92 Å². The van der Waals surface area contributed by atoms with E-state index < -0.39 is 4.92 Å². The molecule has 6 nitrogen and oxygen atoms in total. The van der Waals surface area contributed by atoms with Crippen LogP contribution in [0.1, 0.15) is 26.3 Å². The fourth-order valence-corrected chi connectivity index (χ4v) is 3.07. The van der Waals surface area contributed by atoms with Gasteiger partial charge >= 0.3 is 0 Å². The molecule has 0 aliphatic rings. The van der Waals surface area contributed by atoms with Crippen molar-refractivity contribution >= 4 is 32.4 Å². The predicted octanol–water partition coefficient (Wildman–Crippen LogP) is 4.35. The Morgan fingerprint density at radius 1 is 1.08 bits per heavy atom. The maximum Gasteiger partial charge on any atom is 0.279 e. The predicted molar refractivity (Wildman–Crippen MR) is 100 cm³/mol. The summed E-state index contributed by atoms with van der Waals surface area (Å²) in [5.74, 6) is 0. The third-order valence-corrected chi connectivity index (χ3v) is 4.61. The number of rotatable bonds is 2. The highest BCUT2D eigenvalue weighted by Gasteiger charge is 2.16. The summed E-state index contributed by atoms with van der Waals surface area (Å²) in [6.45, 7) is 6.35. The van der Waals surface area contributed by atoms with E-state index in [1.165, 1.54) is 22.9 Å². The Bertz CT molecular complexity index is 1030. The van der Waals surface area contributed by atoms with Crippen LogP contribution in [0.2, 0.25) is 0 Å². The lowest BCUT2D eigenvalue weighted by Crippen LogP contribution is -2.22. The van der Waals surface area contributed by atoms with Gasteiger partial charge in [-0.05, 0) is 45.1 Å². The first-order valence-electron chi connectivity index (χ1n) is 7.66. The van der Waals surface area contributed by atoms with Gasteiger partial charge in [0.2, 0.25) is 0 Å². The summed E-state index contributed by atoms with van der Waals surface area (Å²) in [6, 6.07) is 11.8. The molecule has 0 spiro atoms. The fourth-order valence-electron chi connectivity index (χ4n) is 2.58. The van der Waals surface area contributed by atoms with Gasteiger partial charge in [0.15, 0.2) is 0 Å². The molecule has 2 aromatic carbocycles. The molecule has 0 atom stereocenters. The van der Waals surface area contributed by atoms with Gasteiger partial charge in [-0.1, -0.05) is 32.9 Å². The van der Waals surface area contributed by atoms with Crippen LogP contribution < -0.4 is 5.56 Å². The molecular formula is C18H16BrN3O3. The molecule has 7 heteroatoms. The first-order valence-corrected chi connectivity index (χ1v) is 8.46. The van der Waals surface area contributed by atoms with Crippen LogP contribution in [0.5, 0.6) is 0 Å². The average Bonchev–Trinajstić information content (AvgIpc) is 2.57. The molecule has 0 saturated carbocycles. The van der Waals surface area contributed by atoms with Gasteiger partial charge in [0.25, 0.3) is 11.2 Å². The van der Waals surface area contributed by atoms with Crippen molar-refractivity contribution in [2.45, 2.75) is 26.2 Å².